The van der Waals surface area contributed by atoms with Crippen LogP contribution in [0.1, 0.15) is 6.92 Å². The van der Waals surface area contributed by atoms with E-state index < -0.39 is 6.10 Å². The van der Waals surface area contributed by atoms with Crippen molar-refractivity contribution in [3.63, 3.8) is 0 Å². The molecule has 0 aliphatic rings. The maximum atomic E-state index is 12.6. The monoisotopic (exact) mass is 419 g/mol. The molecule has 0 radical (unpaired) electrons. The standard InChI is InChI=1S/C23H18ClN3O3/c1-15(21(28)25-19-13-7-6-12-18(19)24)29-20-14-8-5-11-17(20)23-27-26-22(30-23)16-9-3-2-4-10-16/h2-15H,1H3,(H,25,28). The van der Waals surface area contributed by atoms with Crippen LogP contribution >= 0.6 is 11.6 Å². The Kier molecular flexibility index (Phi) is 5.77. The molecule has 150 valence electrons. The number of amides is 1. The fourth-order valence-corrected chi connectivity index (χ4v) is 3.00. The Hall–Kier alpha value is -3.64. The third-order valence-corrected chi connectivity index (χ3v) is 4.70. The largest absolute Gasteiger partial charge is 0.480 e. The summed E-state index contributed by atoms with van der Waals surface area (Å²) in [6.07, 6.45) is -0.779. The third kappa shape index (κ3) is 4.34. The molecule has 6 nitrogen and oxygen atoms in total. The number of para-hydroxylation sites is 2. The van der Waals surface area contributed by atoms with Crippen molar-refractivity contribution in [3.05, 3.63) is 83.9 Å². The number of anilines is 1. The molecule has 0 fully saturated rings. The van der Waals surface area contributed by atoms with Crippen LogP contribution in [0.25, 0.3) is 22.9 Å². The van der Waals surface area contributed by atoms with Gasteiger partial charge in [-0.2, -0.15) is 0 Å². The molecule has 0 bridgehead atoms. The van der Waals surface area contributed by atoms with Gasteiger partial charge in [0.25, 0.3) is 11.8 Å². The first-order valence-corrected chi connectivity index (χ1v) is 9.70. The molecule has 3 aromatic carbocycles. The number of carbonyl (C=O) groups excluding carboxylic acids is 1. The average Bonchev–Trinajstić information content (AvgIpc) is 3.26. The lowest BCUT2D eigenvalue weighted by atomic mass is 10.2. The lowest BCUT2D eigenvalue weighted by Gasteiger charge is -2.16. The number of rotatable bonds is 6. The molecule has 1 amide bonds. The van der Waals surface area contributed by atoms with Crippen molar-refractivity contribution in [2.75, 3.05) is 5.32 Å². The molecular formula is C23H18ClN3O3. The number of ether oxygens (including phenoxy) is 1. The van der Waals surface area contributed by atoms with Gasteiger partial charge >= 0.3 is 0 Å². The molecule has 0 saturated carbocycles. The fraction of sp³-hybridized carbons (Fsp3) is 0.0870. The van der Waals surface area contributed by atoms with Gasteiger partial charge in [-0.15, -0.1) is 10.2 Å². The zero-order valence-electron chi connectivity index (χ0n) is 16.1. The van der Waals surface area contributed by atoms with Gasteiger partial charge in [0.2, 0.25) is 5.89 Å². The zero-order valence-corrected chi connectivity index (χ0v) is 16.8. The minimum absolute atomic E-state index is 0.308. The van der Waals surface area contributed by atoms with E-state index in [0.717, 1.165) is 5.56 Å². The molecule has 4 aromatic rings. The Balaban J connectivity index is 1.53. The number of halogens is 1. The van der Waals surface area contributed by atoms with Gasteiger partial charge in [-0.25, -0.2) is 0 Å². The van der Waals surface area contributed by atoms with Crippen molar-refractivity contribution in [1.82, 2.24) is 10.2 Å². The summed E-state index contributed by atoms with van der Waals surface area (Å²) in [5.74, 6) is 0.851. The van der Waals surface area contributed by atoms with Crippen LogP contribution in [0.2, 0.25) is 5.02 Å². The van der Waals surface area contributed by atoms with Crippen molar-refractivity contribution in [2.24, 2.45) is 0 Å². The van der Waals surface area contributed by atoms with E-state index in [0.29, 0.717) is 33.8 Å². The summed E-state index contributed by atoms with van der Waals surface area (Å²) in [6.45, 7) is 1.66. The summed E-state index contributed by atoms with van der Waals surface area (Å²) in [5, 5.41) is 11.5. The first-order chi connectivity index (χ1) is 14.6. The van der Waals surface area contributed by atoms with Gasteiger partial charge in [-0.05, 0) is 43.3 Å². The third-order valence-electron chi connectivity index (χ3n) is 4.37. The van der Waals surface area contributed by atoms with E-state index in [9.17, 15) is 4.79 Å². The number of nitrogens with zero attached hydrogens (tertiary/aromatic N) is 2. The lowest BCUT2D eigenvalue weighted by Crippen LogP contribution is -2.30. The van der Waals surface area contributed by atoms with E-state index in [2.05, 4.69) is 15.5 Å². The van der Waals surface area contributed by atoms with Gasteiger partial charge in [0.1, 0.15) is 5.75 Å². The van der Waals surface area contributed by atoms with Gasteiger partial charge in [-0.3, -0.25) is 4.79 Å². The minimum Gasteiger partial charge on any atom is -0.480 e. The van der Waals surface area contributed by atoms with E-state index in [1.165, 1.54) is 0 Å². The number of aromatic nitrogens is 2. The highest BCUT2D eigenvalue weighted by Crippen LogP contribution is 2.31. The first-order valence-electron chi connectivity index (χ1n) is 9.32. The Bertz CT molecular complexity index is 1160. The summed E-state index contributed by atoms with van der Waals surface area (Å²) < 4.78 is 11.7. The molecule has 0 aliphatic heterocycles. The quantitative estimate of drug-likeness (QED) is 0.448. The van der Waals surface area contributed by atoms with Crippen molar-refractivity contribution in [3.8, 4) is 28.7 Å². The number of hydrogen-bond acceptors (Lipinski definition) is 5. The summed E-state index contributed by atoms with van der Waals surface area (Å²) in [4.78, 5) is 12.6. The average molecular weight is 420 g/mol. The number of hydrogen-bond donors (Lipinski definition) is 1. The Morgan fingerprint density at radius 3 is 2.40 bits per heavy atom. The highest BCUT2D eigenvalue weighted by Gasteiger charge is 2.20. The predicted octanol–water partition coefficient (Wildman–Crippen LogP) is 5.46. The van der Waals surface area contributed by atoms with E-state index in [1.54, 1.807) is 43.3 Å². The van der Waals surface area contributed by atoms with E-state index in [-0.39, 0.29) is 5.91 Å². The SMILES string of the molecule is CC(Oc1ccccc1-c1nnc(-c2ccccc2)o1)C(=O)Nc1ccccc1Cl. The number of nitrogens with one attached hydrogen (secondary N) is 1. The second-order valence-corrected chi connectivity index (χ2v) is 6.91. The Morgan fingerprint density at radius 2 is 1.60 bits per heavy atom. The van der Waals surface area contributed by atoms with Crippen LogP contribution in [0.4, 0.5) is 5.69 Å². The molecule has 1 N–H and O–H groups in total. The van der Waals surface area contributed by atoms with Crippen LogP contribution in [0, 0.1) is 0 Å². The molecule has 7 heteroatoms. The molecule has 0 aliphatic carbocycles. The van der Waals surface area contributed by atoms with Crippen LogP contribution in [0.15, 0.2) is 83.3 Å². The van der Waals surface area contributed by atoms with Crippen LogP contribution in [0.5, 0.6) is 5.75 Å². The molecule has 1 heterocycles. The molecule has 4 rings (SSSR count). The van der Waals surface area contributed by atoms with Crippen molar-refractivity contribution in [2.45, 2.75) is 13.0 Å². The van der Waals surface area contributed by atoms with E-state index in [4.69, 9.17) is 20.8 Å². The lowest BCUT2D eigenvalue weighted by molar-refractivity contribution is -0.122. The highest BCUT2D eigenvalue weighted by atomic mass is 35.5. The topological polar surface area (TPSA) is 77.2 Å². The maximum Gasteiger partial charge on any atom is 0.265 e. The van der Waals surface area contributed by atoms with Crippen LogP contribution in [-0.2, 0) is 4.79 Å². The predicted molar refractivity (Wildman–Crippen MR) is 115 cm³/mol. The number of benzene rings is 3. The van der Waals surface area contributed by atoms with Crippen LogP contribution < -0.4 is 10.1 Å². The van der Waals surface area contributed by atoms with Gasteiger partial charge in [-0.1, -0.05) is 54.1 Å². The summed E-state index contributed by atoms with van der Waals surface area (Å²) in [7, 11) is 0. The molecule has 1 atom stereocenters. The van der Waals surface area contributed by atoms with Gasteiger partial charge in [0.05, 0.1) is 16.3 Å². The zero-order chi connectivity index (χ0) is 20.9. The van der Waals surface area contributed by atoms with Crippen molar-refractivity contribution >= 4 is 23.2 Å². The smallest absolute Gasteiger partial charge is 0.265 e. The highest BCUT2D eigenvalue weighted by molar-refractivity contribution is 6.33. The van der Waals surface area contributed by atoms with Crippen LogP contribution in [-0.4, -0.2) is 22.2 Å². The second kappa shape index (κ2) is 8.80. The Morgan fingerprint density at radius 1 is 0.933 bits per heavy atom. The molecule has 30 heavy (non-hydrogen) atoms. The van der Waals surface area contributed by atoms with E-state index >= 15 is 0 Å². The van der Waals surface area contributed by atoms with E-state index in [1.807, 2.05) is 42.5 Å². The summed E-state index contributed by atoms with van der Waals surface area (Å²) in [6, 6.07) is 23.7. The van der Waals surface area contributed by atoms with Crippen molar-refractivity contribution < 1.29 is 13.9 Å². The van der Waals surface area contributed by atoms with Crippen molar-refractivity contribution in [1.29, 1.82) is 0 Å². The maximum absolute atomic E-state index is 12.6. The molecule has 1 unspecified atom stereocenters. The fourth-order valence-electron chi connectivity index (χ4n) is 2.82. The minimum atomic E-state index is -0.779. The van der Waals surface area contributed by atoms with Crippen LogP contribution in [0.3, 0.4) is 0 Å². The molecular weight excluding hydrogens is 402 g/mol. The normalized spacial score (nSPS) is 11.7. The van der Waals surface area contributed by atoms with Gasteiger partial charge in [0, 0.05) is 5.56 Å². The summed E-state index contributed by atoms with van der Waals surface area (Å²) >= 11 is 6.11. The first kappa shape index (κ1) is 19.7. The number of carbonyl (C=O) groups is 1. The molecule has 1 aromatic heterocycles. The van der Waals surface area contributed by atoms with Gasteiger partial charge < -0.3 is 14.5 Å². The Labute approximate surface area is 178 Å². The molecule has 0 spiro atoms. The second-order valence-electron chi connectivity index (χ2n) is 6.50. The van der Waals surface area contributed by atoms with Gasteiger partial charge in [0.15, 0.2) is 6.10 Å². The summed E-state index contributed by atoms with van der Waals surface area (Å²) in [5.41, 5.74) is 1.95. The molecule has 0 saturated heterocycles.